The largest absolute Gasteiger partial charge is 0.192 e. The zero-order chi connectivity index (χ0) is 14.5. The minimum atomic E-state index is 0.312. The number of halogens is 2. The first-order chi connectivity index (χ1) is 9.65. The first-order valence-corrected chi connectivity index (χ1v) is 6.47. The van der Waals surface area contributed by atoms with Crippen molar-refractivity contribution in [3.8, 4) is 12.1 Å². The normalized spacial score (nSPS) is 11.2. The lowest BCUT2D eigenvalue weighted by atomic mass is 9.96. The number of benzene rings is 2. The monoisotopic (exact) mass is 298 g/mol. The Morgan fingerprint density at radius 2 is 0.950 bits per heavy atom. The number of nitrogens with zero attached hydrogens (tertiary/aromatic N) is 2. The van der Waals surface area contributed by atoms with Crippen molar-refractivity contribution in [2.24, 2.45) is 0 Å². The molecule has 20 heavy (non-hydrogen) atoms. The van der Waals surface area contributed by atoms with E-state index in [0.717, 1.165) is 0 Å². The van der Waals surface area contributed by atoms with Gasteiger partial charge in [0.05, 0.1) is 11.1 Å². The van der Waals surface area contributed by atoms with Gasteiger partial charge in [-0.3, -0.25) is 0 Å². The van der Waals surface area contributed by atoms with Crippen LogP contribution in [0.4, 0.5) is 0 Å². The number of nitriles is 2. The first kappa shape index (κ1) is 14.2. The molecule has 96 valence electrons. The van der Waals surface area contributed by atoms with Gasteiger partial charge in [0.15, 0.2) is 0 Å². The number of hydrogen-bond acceptors (Lipinski definition) is 2. The Labute approximate surface area is 127 Å². The number of allylic oxidation sites excluding steroid dienone is 2. The van der Waals surface area contributed by atoms with E-state index in [0.29, 0.717) is 32.3 Å². The number of hydrogen-bond donors (Lipinski definition) is 0. The fourth-order valence-electron chi connectivity index (χ4n) is 1.76. The summed E-state index contributed by atoms with van der Waals surface area (Å²) in [5.74, 6) is 0. The standard InChI is InChI=1S/C16H8Cl2N2/c17-13-5-1-11(2-6-13)15(9-19)16(10-20)12-3-7-14(18)8-4-12/h1-8H/b16-15-. The van der Waals surface area contributed by atoms with Crippen LogP contribution in [0.25, 0.3) is 11.1 Å². The molecule has 2 aromatic rings. The van der Waals surface area contributed by atoms with Crippen molar-refractivity contribution >= 4 is 34.3 Å². The van der Waals surface area contributed by atoms with Gasteiger partial charge in [0.2, 0.25) is 0 Å². The van der Waals surface area contributed by atoms with Crippen molar-refractivity contribution in [1.82, 2.24) is 0 Å². The second-order valence-electron chi connectivity index (χ2n) is 3.99. The van der Waals surface area contributed by atoms with E-state index >= 15 is 0 Å². The van der Waals surface area contributed by atoms with Crippen molar-refractivity contribution in [3.63, 3.8) is 0 Å². The maximum absolute atomic E-state index is 9.35. The second-order valence-corrected chi connectivity index (χ2v) is 4.86. The summed E-state index contributed by atoms with van der Waals surface area (Å²) in [7, 11) is 0. The van der Waals surface area contributed by atoms with E-state index in [1.54, 1.807) is 48.5 Å². The average Bonchev–Trinajstić information content (AvgIpc) is 2.47. The lowest BCUT2D eigenvalue weighted by molar-refractivity contribution is 1.50. The van der Waals surface area contributed by atoms with Crippen LogP contribution in [0.1, 0.15) is 11.1 Å². The van der Waals surface area contributed by atoms with Gasteiger partial charge in [-0.05, 0) is 35.4 Å². The lowest BCUT2D eigenvalue weighted by Gasteiger charge is -2.05. The summed E-state index contributed by atoms with van der Waals surface area (Å²) < 4.78 is 0. The molecule has 0 atom stereocenters. The summed E-state index contributed by atoms with van der Waals surface area (Å²) in [5, 5.41) is 19.9. The van der Waals surface area contributed by atoms with Crippen molar-refractivity contribution < 1.29 is 0 Å². The zero-order valence-corrected chi connectivity index (χ0v) is 11.8. The molecule has 0 aliphatic rings. The third kappa shape index (κ3) is 3.00. The van der Waals surface area contributed by atoms with Gasteiger partial charge >= 0.3 is 0 Å². The Morgan fingerprint density at radius 1 is 0.650 bits per heavy atom. The van der Waals surface area contributed by atoms with Gasteiger partial charge in [-0.1, -0.05) is 47.5 Å². The van der Waals surface area contributed by atoms with Crippen molar-refractivity contribution in [2.75, 3.05) is 0 Å². The van der Waals surface area contributed by atoms with Gasteiger partial charge in [0.1, 0.15) is 12.1 Å². The van der Waals surface area contributed by atoms with E-state index in [2.05, 4.69) is 12.1 Å². The highest BCUT2D eigenvalue weighted by Gasteiger charge is 2.11. The maximum Gasteiger partial charge on any atom is 0.101 e. The van der Waals surface area contributed by atoms with Crippen molar-refractivity contribution in [3.05, 3.63) is 69.7 Å². The molecule has 2 nitrogen and oxygen atoms in total. The summed E-state index contributed by atoms with van der Waals surface area (Å²) in [6.45, 7) is 0. The Kier molecular flexibility index (Phi) is 4.43. The van der Waals surface area contributed by atoms with E-state index in [1.807, 2.05) is 0 Å². The molecule has 0 radical (unpaired) electrons. The molecule has 0 bridgehead atoms. The Morgan fingerprint density at radius 3 is 1.20 bits per heavy atom. The Balaban J connectivity index is 2.60. The fraction of sp³-hybridized carbons (Fsp3) is 0. The third-order valence-electron chi connectivity index (χ3n) is 2.74. The highest BCUT2D eigenvalue weighted by atomic mass is 35.5. The fourth-order valence-corrected chi connectivity index (χ4v) is 2.01. The van der Waals surface area contributed by atoms with Crippen LogP contribution in [0.2, 0.25) is 10.0 Å². The topological polar surface area (TPSA) is 47.6 Å². The van der Waals surface area contributed by atoms with Crippen LogP contribution in [0.5, 0.6) is 0 Å². The molecular formula is C16H8Cl2N2. The van der Waals surface area contributed by atoms with Crippen molar-refractivity contribution in [2.45, 2.75) is 0 Å². The van der Waals surface area contributed by atoms with Gasteiger partial charge in [0, 0.05) is 10.0 Å². The molecule has 0 aliphatic carbocycles. The highest BCUT2D eigenvalue weighted by molar-refractivity contribution is 6.31. The average molecular weight is 299 g/mol. The van der Waals surface area contributed by atoms with Crippen LogP contribution in [-0.4, -0.2) is 0 Å². The van der Waals surface area contributed by atoms with E-state index in [4.69, 9.17) is 23.2 Å². The maximum atomic E-state index is 9.35. The van der Waals surface area contributed by atoms with Gasteiger partial charge in [-0.2, -0.15) is 10.5 Å². The van der Waals surface area contributed by atoms with Gasteiger partial charge < -0.3 is 0 Å². The van der Waals surface area contributed by atoms with E-state index in [-0.39, 0.29) is 0 Å². The van der Waals surface area contributed by atoms with E-state index in [9.17, 15) is 10.5 Å². The van der Waals surface area contributed by atoms with Crippen LogP contribution in [0, 0.1) is 22.7 Å². The van der Waals surface area contributed by atoms with E-state index < -0.39 is 0 Å². The van der Waals surface area contributed by atoms with Crippen LogP contribution in [0.3, 0.4) is 0 Å². The van der Waals surface area contributed by atoms with Gasteiger partial charge in [0.25, 0.3) is 0 Å². The molecule has 4 heteroatoms. The Hall–Kier alpha value is -2.26. The summed E-state index contributed by atoms with van der Waals surface area (Å²) in [6.07, 6.45) is 0. The SMILES string of the molecule is N#C/C(=C(\C#N)c1ccc(Cl)cc1)c1ccc(Cl)cc1. The smallest absolute Gasteiger partial charge is 0.101 e. The third-order valence-corrected chi connectivity index (χ3v) is 3.24. The molecule has 0 aliphatic heterocycles. The number of rotatable bonds is 2. The molecule has 0 N–H and O–H groups in total. The molecule has 0 heterocycles. The van der Waals surface area contributed by atoms with Crippen LogP contribution < -0.4 is 0 Å². The van der Waals surface area contributed by atoms with E-state index in [1.165, 1.54) is 0 Å². The minimum absolute atomic E-state index is 0.312. The predicted molar refractivity (Wildman–Crippen MR) is 80.9 cm³/mol. The highest BCUT2D eigenvalue weighted by Crippen LogP contribution is 2.27. The molecule has 2 rings (SSSR count). The molecule has 0 saturated carbocycles. The molecule has 0 saturated heterocycles. The molecule has 0 unspecified atom stereocenters. The molecule has 0 fully saturated rings. The van der Waals surface area contributed by atoms with Crippen LogP contribution >= 0.6 is 23.2 Å². The molecule has 0 aromatic heterocycles. The van der Waals surface area contributed by atoms with Crippen molar-refractivity contribution in [1.29, 1.82) is 10.5 Å². The summed E-state index contributed by atoms with van der Waals surface area (Å²) in [5.41, 5.74) is 1.93. The predicted octanol–water partition coefficient (Wildman–Crippen LogP) is 4.95. The summed E-state index contributed by atoms with van der Waals surface area (Å²) in [6, 6.07) is 17.8. The first-order valence-electron chi connectivity index (χ1n) is 5.72. The Bertz CT molecular complexity index is 665. The van der Waals surface area contributed by atoms with Gasteiger partial charge in [-0.15, -0.1) is 0 Å². The van der Waals surface area contributed by atoms with Crippen LogP contribution in [-0.2, 0) is 0 Å². The summed E-state index contributed by atoms with van der Waals surface area (Å²) in [4.78, 5) is 0. The quantitative estimate of drug-likeness (QED) is 0.581. The zero-order valence-electron chi connectivity index (χ0n) is 10.3. The molecule has 0 spiro atoms. The van der Waals surface area contributed by atoms with Gasteiger partial charge in [-0.25, -0.2) is 0 Å². The summed E-state index contributed by atoms with van der Waals surface area (Å²) >= 11 is 11.7. The van der Waals surface area contributed by atoms with Crippen LogP contribution in [0.15, 0.2) is 48.5 Å². The molecule has 2 aromatic carbocycles. The second kappa shape index (κ2) is 6.26. The lowest BCUT2D eigenvalue weighted by Crippen LogP contribution is -1.89. The molecule has 0 amide bonds. The molecular weight excluding hydrogens is 291 g/mol. The minimum Gasteiger partial charge on any atom is -0.192 e.